The number of ether oxygens (including phenoxy) is 1. The maximum atomic E-state index is 6.14. The maximum absolute atomic E-state index is 6.14. The van der Waals surface area contributed by atoms with Crippen molar-refractivity contribution in [1.82, 2.24) is 0 Å². The van der Waals surface area contributed by atoms with Gasteiger partial charge in [0.1, 0.15) is 5.75 Å². The normalized spacial score (nSPS) is 10.5. The summed E-state index contributed by atoms with van der Waals surface area (Å²) in [4.78, 5) is 0.881. The minimum absolute atomic E-state index is 0.658. The highest BCUT2D eigenvalue weighted by molar-refractivity contribution is 7.98. The van der Waals surface area contributed by atoms with E-state index in [-0.39, 0.29) is 0 Å². The molecule has 0 atom stereocenters. The second kappa shape index (κ2) is 6.42. The van der Waals surface area contributed by atoms with Gasteiger partial charge in [-0.25, -0.2) is 0 Å². The molecule has 0 saturated heterocycles. The van der Waals surface area contributed by atoms with Gasteiger partial charge in [0.05, 0.1) is 12.1 Å². The highest BCUT2D eigenvalue weighted by atomic mass is 35.5. The lowest BCUT2D eigenvalue weighted by molar-refractivity contribution is 0.411. The summed E-state index contributed by atoms with van der Waals surface area (Å²) in [6.45, 7) is 0. The van der Waals surface area contributed by atoms with Gasteiger partial charge >= 0.3 is 0 Å². The summed E-state index contributed by atoms with van der Waals surface area (Å²) in [6.07, 6.45) is 0. The predicted octanol–water partition coefficient (Wildman–Crippen LogP) is 4.88. The van der Waals surface area contributed by atoms with E-state index in [9.17, 15) is 0 Å². The van der Waals surface area contributed by atoms with Crippen molar-refractivity contribution in [3.8, 4) is 5.75 Å². The Labute approximate surface area is 126 Å². The molecule has 0 saturated carbocycles. The van der Waals surface area contributed by atoms with E-state index in [0.29, 0.717) is 21.5 Å². The highest BCUT2D eigenvalue weighted by Crippen LogP contribution is 2.36. The van der Waals surface area contributed by atoms with Crippen LogP contribution < -0.4 is 10.5 Å². The Bertz CT molecular complexity index is 569. The first-order valence-corrected chi connectivity index (χ1v) is 7.35. The highest BCUT2D eigenvalue weighted by Gasteiger charge is 2.09. The van der Waals surface area contributed by atoms with Gasteiger partial charge in [-0.15, -0.1) is 11.8 Å². The van der Waals surface area contributed by atoms with Gasteiger partial charge < -0.3 is 10.5 Å². The minimum atomic E-state index is 0.658. The molecule has 2 rings (SSSR count). The number of anilines is 1. The van der Waals surface area contributed by atoms with Crippen molar-refractivity contribution in [3.05, 3.63) is 52.0 Å². The number of hydrogen-bond acceptors (Lipinski definition) is 3. The Balaban J connectivity index is 2.21. The monoisotopic (exact) mass is 313 g/mol. The third-order valence-corrected chi connectivity index (χ3v) is 4.47. The van der Waals surface area contributed by atoms with Crippen LogP contribution in [0.25, 0.3) is 0 Å². The molecule has 0 aliphatic rings. The molecule has 0 amide bonds. The molecule has 0 unspecified atom stereocenters. The van der Waals surface area contributed by atoms with Gasteiger partial charge in [-0.1, -0.05) is 29.3 Å². The van der Waals surface area contributed by atoms with E-state index in [1.54, 1.807) is 24.9 Å². The quantitative estimate of drug-likeness (QED) is 0.645. The zero-order valence-corrected chi connectivity index (χ0v) is 12.6. The molecule has 0 bridgehead atoms. The van der Waals surface area contributed by atoms with E-state index in [1.807, 2.05) is 30.3 Å². The molecule has 19 heavy (non-hydrogen) atoms. The lowest BCUT2D eigenvalue weighted by atomic mass is 10.2. The van der Waals surface area contributed by atoms with Crippen molar-refractivity contribution in [2.45, 2.75) is 10.6 Å². The SMILES string of the molecule is COc1ccc(Cl)cc1CSc1c(N)cccc1Cl. The van der Waals surface area contributed by atoms with Gasteiger partial charge in [-0.3, -0.25) is 0 Å². The molecule has 0 spiro atoms. The van der Waals surface area contributed by atoms with Crippen LogP contribution in [0, 0.1) is 0 Å². The Morgan fingerprint density at radius 3 is 2.68 bits per heavy atom. The topological polar surface area (TPSA) is 35.2 Å². The molecule has 0 radical (unpaired) electrons. The Kier molecular flexibility index (Phi) is 4.86. The molecule has 2 aromatic carbocycles. The van der Waals surface area contributed by atoms with Crippen LogP contribution in [0.15, 0.2) is 41.3 Å². The lowest BCUT2D eigenvalue weighted by Gasteiger charge is -2.11. The molecular formula is C14H13Cl2NOS. The van der Waals surface area contributed by atoms with Crippen molar-refractivity contribution in [3.63, 3.8) is 0 Å². The lowest BCUT2D eigenvalue weighted by Crippen LogP contribution is -1.92. The third-order valence-electron chi connectivity index (χ3n) is 2.61. The molecule has 0 aliphatic carbocycles. The molecule has 5 heteroatoms. The van der Waals surface area contributed by atoms with Crippen LogP contribution in [-0.4, -0.2) is 7.11 Å². The van der Waals surface area contributed by atoms with Gasteiger partial charge in [0.25, 0.3) is 0 Å². The first-order chi connectivity index (χ1) is 9.11. The van der Waals surface area contributed by atoms with E-state index >= 15 is 0 Å². The predicted molar refractivity (Wildman–Crippen MR) is 83.4 cm³/mol. The number of halogens is 2. The van der Waals surface area contributed by atoms with Crippen LogP contribution in [0.5, 0.6) is 5.75 Å². The molecule has 2 nitrogen and oxygen atoms in total. The van der Waals surface area contributed by atoms with Gasteiger partial charge in [0.15, 0.2) is 0 Å². The van der Waals surface area contributed by atoms with Crippen LogP contribution in [0.4, 0.5) is 5.69 Å². The molecule has 0 aliphatic heterocycles. The third kappa shape index (κ3) is 3.50. The van der Waals surface area contributed by atoms with E-state index in [1.165, 1.54) is 0 Å². The molecular weight excluding hydrogens is 301 g/mol. The fourth-order valence-corrected chi connectivity index (χ4v) is 3.19. The Morgan fingerprint density at radius 1 is 1.21 bits per heavy atom. The largest absolute Gasteiger partial charge is 0.496 e. The summed E-state index contributed by atoms with van der Waals surface area (Å²) in [7, 11) is 1.64. The standard InChI is InChI=1S/C14H13Cl2NOS/c1-18-13-6-5-10(15)7-9(13)8-19-14-11(16)3-2-4-12(14)17/h2-7H,8,17H2,1H3. The summed E-state index contributed by atoms with van der Waals surface area (Å²) in [5, 5.41) is 1.34. The van der Waals surface area contributed by atoms with Crippen LogP contribution in [-0.2, 0) is 5.75 Å². The molecule has 0 fully saturated rings. The zero-order valence-electron chi connectivity index (χ0n) is 10.3. The van der Waals surface area contributed by atoms with Crippen molar-refractivity contribution < 1.29 is 4.74 Å². The fraction of sp³-hybridized carbons (Fsp3) is 0.143. The van der Waals surface area contributed by atoms with E-state index in [2.05, 4.69) is 0 Å². The number of thioether (sulfide) groups is 1. The summed E-state index contributed by atoms with van der Waals surface area (Å²) in [5.41, 5.74) is 7.62. The second-order valence-corrected chi connectivity index (χ2v) is 5.73. The summed E-state index contributed by atoms with van der Waals surface area (Å²) in [5.74, 6) is 1.50. The Hall–Kier alpha value is -1.03. The second-order valence-electron chi connectivity index (χ2n) is 3.90. The fourth-order valence-electron chi connectivity index (χ4n) is 1.69. The number of methoxy groups -OCH3 is 1. The van der Waals surface area contributed by atoms with Crippen molar-refractivity contribution in [2.75, 3.05) is 12.8 Å². The van der Waals surface area contributed by atoms with Crippen LogP contribution in [0.2, 0.25) is 10.0 Å². The first-order valence-electron chi connectivity index (χ1n) is 5.61. The number of rotatable bonds is 4. The van der Waals surface area contributed by atoms with Gasteiger partial charge in [0, 0.05) is 26.9 Å². The molecule has 2 aromatic rings. The van der Waals surface area contributed by atoms with Gasteiger partial charge in [-0.05, 0) is 30.3 Å². The average Bonchev–Trinajstić information content (AvgIpc) is 2.38. The molecule has 100 valence electrons. The van der Waals surface area contributed by atoms with E-state index < -0.39 is 0 Å². The van der Waals surface area contributed by atoms with Crippen molar-refractivity contribution >= 4 is 40.7 Å². The molecule has 0 heterocycles. The molecule has 0 aromatic heterocycles. The number of hydrogen-bond donors (Lipinski definition) is 1. The summed E-state index contributed by atoms with van der Waals surface area (Å²) >= 11 is 13.7. The minimum Gasteiger partial charge on any atom is -0.496 e. The summed E-state index contributed by atoms with van der Waals surface area (Å²) < 4.78 is 5.31. The van der Waals surface area contributed by atoms with Crippen LogP contribution in [0.1, 0.15) is 5.56 Å². The Morgan fingerprint density at radius 2 is 2.00 bits per heavy atom. The average molecular weight is 314 g/mol. The van der Waals surface area contributed by atoms with Crippen molar-refractivity contribution in [2.24, 2.45) is 0 Å². The van der Waals surface area contributed by atoms with E-state index in [0.717, 1.165) is 16.2 Å². The van der Waals surface area contributed by atoms with Crippen LogP contribution in [0.3, 0.4) is 0 Å². The van der Waals surface area contributed by atoms with Gasteiger partial charge in [0.2, 0.25) is 0 Å². The van der Waals surface area contributed by atoms with Crippen LogP contribution >= 0.6 is 35.0 Å². The maximum Gasteiger partial charge on any atom is 0.123 e. The first kappa shape index (κ1) is 14.4. The number of benzene rings is 2. The number of nitrogen functional groups attached to an aromatic ring is 1. The van der Waals surface area contributed by atoms with Crippen molar-refractivity contribution in [1.29, 1.82) is 0 Å². The molecule has 2 N–H and O–H groups in total. The van der Waals surface area contributed by atoms with Gasteiger partial charge in [-0.2, -0.15) is 0 Å². The summed E-state index contributed by atoms with van der Waals surface area (Å²) in [6, 6.07) is 11.0. The number of nitrogens with two attached hydrogens (primary N) is 1. The smallest absolute Gasteiger partial charge is 0.123 e. The zero-order chi connectivity index (χ0) is 13.8. The van der Waals surface area contributed by atoms with E-state index in [4.69, 9.17) is 33.7 Å².